The van der Waals surface area contributed by atoms with Crippen LogP contribution in [0.25, 0.3) is 10.8 Å². The molecule has 3 nitrogen and oxygen atoms in total. The van der Waals surface area contributed by atoms with E-state index in [-0.39, 0.29) is 17.9 Å². The molecule has 21 heavy (non-hydrogen) atoms. The second kappa shape index (κ2) is 5.86. The lowest BCUT2D eigenvalue weighted by atomic mass is 9.80. The Bertz CT molecular complexity index is 661. The van der Waals surface area contributed by atoms with Gasteiger partial charge in [0.25, 0.3) is 0 Å². The molecular formula is C18H23NO2. The van der Waals surface area contributed by atoms with Crippen LogP contribution in [0.1, 0.15) is 43.9 Å². The van der Waals surface area contributed by atoms with E-state index in [1.807, 2.05) is 26.0 Å². The van der Waals surface area contributed by atoms with Crippen LogP contribution < -0.4 is 5.73 Å². The van der Waals surface area contributed by atoms with E-state index in [4.69, 9.17) is 10.8 Å². The Kier molecular flexibility index (Phi) is 4.33. The highest BCUT2D eigenvalue weighted by Crippen LogP contribution is 2.34. The molecule has 3 N–H and O–H groups in total. The normalized spacial score (nSPS) is 13.3. The highest BCUT2D eigenvalue weighted by Gasteiger charge is 2.26. The molecule has 3 heteroatoms. The average molecular weight is 285 g/mol. The topological polar surface area (TPSA) is 63.3 Å². The van der Waals surface area contributed by atoms with Crippen molar-refractivity contribution >= 4 is 16.7 Å². The Morgan fingerprint density at radius 1 is 1.19 bits per heavy atom. The van der Waals surface area contributed by atoms with Gasteiger partial charge in [-0.3, -0.25) is 4.79 Å². The van der Waals surface area contributed by atoms with Crippen LogP contribution in [0.5, 0.6) is 0 Å². The van der Waals surface area contributed by atoms with Crippen LogP contribution in [0.15, 0.2) is 36.4 Å². The van der Waals surface area contributed by atoms with Crippen LogP contribution >= 0.6 is 0 Å². The molecule has 0 aliphatic heterocycles. The lowest BCUT2D eigenvalue weighted by molar-refractivity contribution is -0.139. The molecule has 0 radical (unpaired) electrons. The Labute approximate surface area is 125 Å². The van der Waals surface area contributed by atoms with Crippen molar-refractivity contribution in [3.8, 4) is 0 Å². The van der Waals surface area contributed by atoms with Gasteiger partial charge in [-0.2, -0.15) is 0 Å². The fourth-order valence-corrected chi connectivity index (χ4v) is 2.98. The third-order valence-corrected chi connectivity index (χ3v) is 3.98. The van der Waals surface area contributed by atoms with E-state index >= 15 is 0 Å². The first-order valence-electron chi connectivity index (χ1n) is 7.26. The summed E-state index contributed by atoms with van der Waals surface area (Å²) < 4.78 is 0. The first kappa shape index (κ1) is 15.5. The first-order valence-corrected chi connectivity index (χ1v) is 7.26. The summed E-state index contributed by atoms with van der Waals surface area (Å²) in [6.45, 7) is 6.00. The number of carboxylic acids is 1. The van der Waals surface area contributed by atoms with Gasteiger partial charge in [0.15, 0.2) is 0 Å². The van der Waals surface area contributed by atoms with E-state index in [0.29, 0.717) is 6.42 Å². The third kappa shape index (κ3) is 3.61. The molecule has 2 aromatic carbocycles. The molecule has 0 bridgehead atoms. The predicted octanol–water partition coefficient (Wildman–Crippen LogP) is 4.04. The van der Waals surface area contributed by atoms with Gasteiger partial charge < -0.3 is 10.8 Å². The maximum Gasteiger partial charge on any atom is 0.303 e. The van der Waals surface area contributed by atoms with Crippen molar-refractivity contribution in [1.29, 1.82) is 0 Å². The largest absolute Gasteiger partial charge is 0.481 e. The van der Waals surface area contributed by atoms with Crippen molar-refractivity contribution in [2.45, 2.75) is 39.7 Å². The van der Waals surface area contributed by atoms with Crippen LogP contribution in [0, 0.1) is 12.3 Å². The van der Waals surface area contributed by atoms with E-state index in [2.05, 4.69) is 31.2 Å². The summed E-state index contributed by atoms with van der Waals surface area (Å²) >= 11 is 0. The standard InChI is InChI=1S/C18H23NO2/c1-12-8-9-15(14-7-5-4-6-13(12)14)16(19)10-18(2,3)11-17(20)21/h4-9,16H,10-11,19H2,1-3H3,(H,20,21). The summed E-state index contributed by atoms with van der Waals surface area (Å²) in [5.74, 6) is -0.777. The van der Waals surface area contributed by atoms with Gasteiger partial charge in [0.1, 0.15) is 0 Å². The Hall–Kier alpha value is -1.87. The van der Waals surface area contributed by atoms with Crippen LogP contribution in [0.4, 0.5) is 0 Å². The Balaban J connectivity index is 2.34. The number of nitrogens with two attached hydrogens (primary N) is 1. The van der Waals surface area contributed by atoms with E-state index < -0.39 is 5.97 Å². The molecule has 0 saturated carbocycles. The second-order valence-corrected chi connectivity index (χ2v) is 6.56. The molecule has 2 rings (SSSR count). The number of hydrogen-bond donors (Lipinski definition) is 2. The van der Waals surface area contributed by atoms with E-state index in [1.165, 1.54) is 10.9 Å². The van der Waals surface area contributed by atoms with Gasteiger partial charge >= 0.3 is 5.97 Å². The van der Waals surface area contributed by atoms with Gasteiger partial charge in [0.05, 0.1) is 6.42 Å². The van der Waals surface area contributed by atoms with Gasteiger partial charge in [-0.15, -0.1) is 0 Å². The quantitative estimate of drug-likeness (QED) is 0.871. The molecule has 0 aromatic heterocycles. The Morgan fingerprint density at radius 3 is 2.43 bits per heavy atom. The molecule has 0 fully saturated rings. The number of rotatable bonds is 5. The summed E-state index contributed by atoms with van der Waals surface area (Å²) in [5.41, 5.74) is 8.38. The van der Waals surface area contributed by atoms with Crippen molar-refractivity contribution in [3.63, 3.8) is 0 Å². The fraction of sp³-hybridized carbons (Fsp3) is 0.389. The average Bonchev–Trinajstić information content (AvgIpc) is 2.37. The summed E-state index contributed by atoms with van der Waals surface area (Å²) in [7, 11) is 0. The smallest absolute Gasteiger partial charge is 0.303 e. The lowest BCUT2D eigenvalue weighted by Crippen LogP contribution is -2.24. The van der Waals surface area contributed by atoms with Crippen LogP contribution in [-0.2, 0) is 4.79 Å². The third-order valence-electron chi connectivity index (χ3n) is 3.98. The SMILES string of the molecule is Cc1ccc(C(N)CC(C)(C)CC(=O)O)c2ccccc12. The van der Waals surface area contributed by atoms with Crippen molar-refractivity contribution in [1.82, 2.24) is 0 Å². The van der Waals surface area contributed by atoms with E-state index in [0.717, 1.165) is 10.9 Å². The molecule has 0 aliphatic carbocycles. The molecule has 2 aromatic rings. The fourth-order valence-electron chi connectivity index (χ4n) is 2.98. The van der Waals surface area contributed by atoms with Crippen LogP contribution in [0.3, 0.4) is 0 Å². The minimum atomic E-state index is -0.777. The summed E-state index contributed by atoms with van der Waals surface area (Å²) in [4.78, 5) is 10.9. The summed E-state index contributed by atoms with van der Waals surface area (Å²) in [6, 6.07) is 12.2. The number of fused-ring (bicyclic) bond motifs is 1. The zero-order chi connectivity index (χ0) is 15.6. The molecule has 1 unspecified atom stereocenters. The first-order chi connectivity index (χ1) is 9.80. The molecule has 0 saturated heterocycles. The van der Waals surface area contributed by atoms with Gasteiger partial charge in [-0.1, -0.05) is 50.2 Å². The molecule has 0 heterocycles. The van der Waals surface area contributed by atoms with Crippen molar-refractivity contribution < 1.29 is 9.90 Å². The van der Waals surface area contributed by atoms with E-state index in [9.17, 15) is 4.79 Å². The zero-order valence-corrected chi connectivity index (χ0v) is 12.9. The van der Waals surface area contributed by atoms with Gasteiger partial charge in [-0.25, -0.2) is 0 Å². The minimum Gasteiger partial charge on any atom is -0.481 e. The minimum absolute atomic E-state index is 0.129. The van der Waals surface area contributed by atoms with Crippen LogP contribution in [-0.4, -0.2) is 11.1 Å². The molecule has 1 atom stereocenters. The van der Waals surface area contributed by atoms with Crippen molar-refractivity contribution in [2.24, 2.45) is 11.1 Å². The van der Waals surface area contributed by atoms with Crippen molar-refractivity contribution in [2.75, 3.05) is 0 Å². The number of aliphatic carboxylic acids is 1. The highest BCUT2D eigenvalue weighted by atomic mass is 16.4. The zero-order valence-electron chi connectivity index (χ0n) is 12.9. The molecule has 0 spiro atoms. The molecule has 0 aliphatic rings. The number of benzene rings is 2. The summed E-state index contributed by atoms with van der Waals surface area (Å²) in [6.07, 6.45) is 0.775. The number of carbonyl (C=O) groups is 1. The number of hydrogen-bond acceptors (Lipinski definition) is 2. The van der Waals surface area contributed by atoms with Gasteiger partial charge in [-0.05, 0) is 40.7 Å². The molecule has 0 amide bonds. The summed E-state index contributed by atoms with van der Waals surface area (Å²) in [5, 5.41) is 11.4. The maximum absolute atomic E-state index is 10.9. The highest BCUT2D eigenvalue weighted by molar-refractivity contribution is 5.88. The maximum atomic E-state index is 10.9. The lowest BCUT2D eigenvalue weighted by Gasteiger charge is -2.27. The molecular weight excluding hydrogens is 262 g/mol. The van der Waals surface area contributed by atoms with Gasteiger partial charge in [0, 0.05) is 6.04 Å². The second-order valence-electron chi connectivity index (χ2n) is 6.56. The van der Waals surface area contributed by atoms with E-state index in [1.54, 1.807) is 0 Å². The Morgan fingerprint density at radius 2 is 1.81 bits per heavy atom. The predicted molar refractivity (Wildman–Crippen MR) is 86.3 cm³/mol. The number of carboxylic acid groups (broad SMARTS) is 1. The van der Waals surface area contributed by atoms with Crippen molar-refractivity contribution in [3.05, 3.63) is 47.5 Å². The number of aryl methyl sites for hydroxylation is 1. The monoisotopic (exact) mass is 285 g/mol. The molecule has 112 valence electrons. The van der Waals surface area contributed by atoms with Gasteiger partial charge in [0.2, 0.25) is 0 Å². The van der Waals surface area contributed by atoms with Crippen LogP contribution in [0.2, 0.25) is 0 Å².